The number of halogens is 2. The highest BCUT2D eigenvalue weighted by Crippen LogP contribution is 2.27. The molecule has 5 heteroatoms. The lowest BCUT2D eigenvalue weighted by Gasteiger charge is -2.07. The SMILES string of the molecule is Nc1cc(Cl)cnc1Oc1ccc(Br)cc1. The van der Waals surface area contributed by atoms with E-state index in [1.165, 1.54) is 6.20 Å². The third-order valence-corrected chi connectivity index (χ3v) is 2.61. The topological polar surface area (TPSA) is 48.1 Å². The van der Waals surface area contributed by atoms with Crippen LogP contribution in [0, 0.1) is 0 Å². The summed E-state index contributed by atoms with van der Waals surface area (Å²) in [6.45, 7) is 0. The quantitative estimate of drug-likeness (QED) is 0.915. The van der Waals surface area contributed by atoms with E-state index in [1.54, 1.807) is 6.07 Å². The summed E-state index contributed by atoms with van der Waals surface area (Å²) in [6.07, 6.45) is 1.49. The van der Waals surface area contributed by atoms with Crippen LogP contribution in [0.15, 0.2) is 41.0 Å². The molecule has 0 saturated heterocycles. The Balaban J connectivity index is 2.23. The smallest absolute Gasteiger partial charge is 0.242 e. The maximum Gasteiger partial charge on any atom is 0.242 e. The highest BCUT2D eigenvalue weighted by atomic mass is 79.9. The molecule has 82 valence electrons. The second-order valence-corrected chi connectivity index (χ2v) is 4.46. The molecule has 0 aliphatic carbocycles. The van der Waals surface area contributed by atoms with Crippen LogP contribution in [-0.4, -0.2) is 4.98 Å². The second kappa shape index (κ2) is 4.72. The number of rotatable bonds is 2. The van der Waals surface area contributed by atoms with Gasteiger partial charge in [-0.2, -0.15) is 0 Å². The minimum Gasteiger partial charge on any atom is -0.437 e. The molecule has 2 N–H and O–H groups in total. The molecule has 2 rings (SSSR count). The molecule has 0 radical (unpaired) electrons. The van der Waals surface area contributed by atoms with Gasteiger partial charge >= 0.3 is 0 Å². The van der Waals surface area contributed by atoms with Gasteiger partial charge in [0, 0.05) is 10.7 Å². The average molecular weight is 300 g/mol. The number of pyridine rings is 1. The third kappa shape index (κ3) is 2.65. The fraction of sp³-hybridized carbons (Fsp3) is 0. The molecule has 2 aromatic rings. The largest absolute Gasteiger partial charge is 0.437 e. The van der Waals surface area contributed by atoms with Crippen LogP contribution in [0.3, 0.4) is 0 Å². The molecule has 0 spiro atoms. The molecule has 0 atom stereocenters. The van der Waals surface area contributed by atoms with Crippen molar-refractivity contribution in [1.82, 2.24) is 4.98 Å². The Morgan fingerprint density at radius 2 is 1.94 bits per heavy atom. The highest BCUT2D eigenvalue weighted by Gasteiger charge is 2.04. The van der Waals surface area contributed by atoms with Crippen molar-refractivity contribution >= 4 is 33.2 Å². The van der Waals surface area contributed by atoms with E-state index in [-0.39, 0.29) is 0 Å². The lowest BCUT2D eigenvalue weighted by atomic mass is 10.3. The lowest BCUT2D eigenvalue weighted by Crippen LogP contribution is -1.94. The number of hydrogen-bond donors (Lipinski definition) is 1. The predicted octanol–water partition coefficient (Wildman–Crippen LogP) is 3.87. The fourth-order valence-electron chi connectivity index (χ4n) is 1.14. The van der Waals surface area contributed by atoms with Gasteiger partial charge in [0.2, 0.25) is 5.88 Å². The summed E-state index contributed by atoms with van der Waals surface area (Å²) in [5, 5.41) is 0.487. The van der Waals surface area contributed by atoms with Crippen LogP contribution in [0.4, 0.5) is 5.69 Å². The fourth-order valence-corrected chi connectivity index (χ4v) is 1.57. The van der Waals surface area contributed by atoms with Gasteiger partial charge in [0.05, 0.1) is 10.7 Å². The summed E-state index contributed by atoms with van der Waals surface area (Å²) in [4.78, 5) is 4.00. The van der Waals surface area contributed by atoms with Crippen molar-refractivity contribution in [3.8, 4) is 11.6 Å². The zero-order valence-corrected chi connectivity index (χ0v) is 10.5. The van der Waals surface area contributed by atoms with Gasteiger partial charge in [0.1, 0.15) is 5.75 Å². The lowest BCUT2D eigenvalue weighted by molar-refractivity contribution is 0.465. The van der Waals surface area contributed by atoms with Crippen LogP contribution in [0.5, 0.6) is 11.6 Å². The molecule has 1 aromatic heterocycles. The summed E-state index contributed by atoms with van der Waals surface area (Å²) >= 11 is 9.08. The van der Waals surface area contributed by atoms with Crippen LogP contribution < -0.4 is 10.5 Å². The van der Waals surface area contributed by atoms with Gasteiger partial charge < -0.3 is 10.5 Å². The molecule has 16 heavy (non-hydrogen) atoms. The molecule has 0 aliphatic rings. The number of nitrogens with zero attached hydrogens (tertiary/aromatic N) is 1. The summed E-state index contributed by atoms with van der Waals surface area (Å²) in [6, 6.07) is 8.99. The van der Waals surface area contributed by atoms with Crippen molar-refractivity contribution in [3.05, 3.63) is 46.0 Å². The Morgan fingerprint density at radius 3 is 2.56 bits per heavy atom. The minimum absolute atomic E-state index is 0.353. The molecule has 0 unspecified atom stereocenters. The molecular weight excluding hydrogens is 291 g/mol. The van der Waals surface area contributed by atoms with Crippen LogP contribution in [0.1, 0.15) is 0 Å². The normalized spacial score (nSPS) is 10.1. The Morgan fingerprint density at radius 1 is 1.25 bits per heavy atom. The van der Waals surface area contributed by atoms with Crippen LogP contribution in [-0.2, 0) is 0 Å². The van der Waals surface area contributed by atoms with Gasteiger partial charge in [0.15, 0.2) is 0 Å². The monoisotopic (exact) mass is 298 g/mol. The molecule has 1 heterocycles. The van der Waals surface area contributed by atoms with Gasteiger partial charge in [-0.1, -0.05) is 27.5 Å². The van der Waals surface area contributed by atoms with Gasteiger partial charge in [-0.15, -0.1) is 0 Å². The van der Waals surface area contributed by atoms with Gasteiger partial charge in [-0.25, -0.2) is 4.98 Å². The predicted molar refractivity (Wildman–Crippen MR) is 67.9 cm³/mol. The first-order valence-electron chi connectivity index (χ1n) is 4.49. The summed E-state index contributed by atoms with van der Waals surface area (Å²) in [5.41, 5.74) is 6.13. The molecule has 0 bridgehead atoms. The van der Waals surface area contributed by atoms with E-state index in [4.69, 9.17) is 22.1 Å². The zero-order chi connectivity index (χ0) is 11.5. The molecule has 0 amide bonds. The van der Waals surface area contributed by atoms with Gasteiger partial charge in [0.25, 0.3) is 0 Å². The van der Waals surface area contributed by atoms with Gasteiger partial charge in [-0.3, -0.25) is 0 Å². The zero-order valence-electron chi connectivity index (χ0n) is 8.15. The molecule has 3 nitrogen and oxygen atoms in total. The van der Waals surface area contributed by atoms with E-state index >= 15 is 0 Å². The number of nitrogens with two attached hydrogens (primary N) is 1. The Bertz CT molecular complexity index is 502. The highest BCUT2D eigenvalue weighted by molar-refractivity contribution is 9.10. The Kier molecular flexibility index (Phi) is 3.31. The molecule has 0 saturated carbocycles. The van der Waals surface area contributed by atoms with E-state index in [9.17, 15) is 0 Å². The van der Waals surface area contributed by atoms with Gasteiger partial charge in [-0.05, 0) is 30.3 Å². The number of ether oxygens (including phenoxy) is 1. The maximum absolute atomic E-state index is 5.74. The minimum atomic E-state index is 0.353. The Hall–Kier alpha value is -1.26. The van der Waals surface area contributed by atoms with Crippen LogP contribution >= 0.6 is 27.5 Å². The summed E-state index contributed by atoms with van der Waals surface area (Å²) in [5.74, 6) is 1.02. The molecule has 0 aliphatic heterocycles. The third-order valence-electron chi connectivity index (χ3n) is 1.87. The van der Waals surface area contributed by atoms with E-state index < -0.39 is 0 Å². The number of aromatic nitrogens is 1. The molecule has 1 aromatic carbocycles. The summed E-state index contributed by atoms with van der Waals surface area (Å²) in [7, 11) is 0. The van der Waals surface area contributed by atoms with E-state index in [2.05, 4.69) is 20.9 Å². The first-order valence-corrected chi connectivity index (χ1v) is 5.67. The van der Waals surface area contributed by atoms with Crippen LogP contribution in [0.25, 0.3) is 0 Å². The first kappa shape index (κ1) is 11.2. The first-order chi connectivity index (χ1) is 7.65. The standard InChI is InChI=1S/C11H8BrClN2O/c12-7-1-3-9(4-2-7)16-11-10(14)5-8(13)6-15-11/h1-6H,14H2. The second-order valence-electron chi connectivity index (χ2n) is 3.10. The van der Waals surface area contributed by atoms with Crippen molar-refractivity contribution in [2.45, 2.75) is 0 Å². The Labute approximate surface area is 106 Å². The summed E-state index contributed by atoms with van der Waals surface area (Å²) < 4.78 is 6.49. The van der Waals surface area contributed by atoms with Crippen molar-refractivity contribution in [1.29, 1.82) is 0 Å². The van der Waals surface area contributed by atoms with E-state index in [1.807, 2.05) is 24.3 Å². The molecular formula is C11H8BrClN2O. The molecule has 0 fully saturated rings. The van der Waals surface area contributed by atoms with Crippen molar-refractivity contribution in [2.75, 3.05) is 5.73 Å². The van der Waals surface area contributed by atoms with Crippen molar-refractivity contribution in [2.24, 2.45) is 0 Å². The van der Waals surface area contributed by atoms with Crippen molar-refractivity contribution < 1.29 is 4.74 Å². The maximum atomic E-state index is 5.74. The van der Waals surface area contributed by atoms with Crippen molar-refractivity contribution in [3.63, 3.8) is 0 Å². The average Bonchev–Trinajstić information content (AvgIpc) is 2.25. The van der Waals surface area contributed by atoms with E-state index in [0.717, 1.165) is 4.47 Å². The number of nitrogen functional groups attached to an aromatic ring is 1. The number of benzene rings is 1. The number of hydrogen-bond acceptors (Lipinski definition) is 3. The number of anilines is 1. The van der Waals surface area contributed by atoms with Crippen LogP contribution in [0.2, 0.25) is 5.02 Å². The van der Waals surface area contributed by atoms with E-state index in [0.29, 0.717) is 22.3 Å².